The van der Waals surface area contributed by atoms with E-state index in [-0.39, 0.29) is 30.4 Å². The maximum atomic E-state index is 13.3. The Bertz CT molecular complexity index is 885. The third-order valence-electron chi connectivity index (χ3n) is 7.48. The fourth-order valence-electron chi connectivity index (χ4n) is 5.83. The second-order valence-corrected chi connectivity index (χ2v) is 9.49. The van der Waals surface area contributed by atoms with Crippen LogP contribution >= 0.6 is 0 Å². The van der Waals surface area contributed by atoms with Crippen molar-refractivity contribution in [2.75, 3.05) is 32.8 Å². The van der Waals surface area contributed by atoms with E-state index in [9.17, 15) is 9.59 Å². The summed E-state index contributed by atoms with van der Waals surface area (Å²) >= 11 is 0. The summed E-state index contributed by atoms with van der Waals surface area (Å²) in [5.74, 6) is 1.19. The highest BCUT2D eigenvalue weighted by atomic mass is 16.5. The number of fused-ring (bicyclic) bond motifs is 1. The minimum Gasteiger partial charge on any atom is -0.370 e. The Morgan fingerprint density at radius 3 is 2.06 bits per heavy atom. The van der Waals surface area contributed by atoms with Crippen LogP contribution in [0.1, 0.15) is 42.7 Å². The molecule has 3 fully saturated rings. The van der Waals surface area contributed by atoms with E-state index in [2.05, 4.69) is 60.7 Å². The van der Waals surface area contributed by atoms with Gasteiger partial charge in [0.05, 0.1) is 6.10 Å². The first-order chi connectivity index (χ1) is 15.7. The Hall–Kier alpha value is -2.66. The lowest BCUT2D eigenvalue weighted by Crippen LogP contribution is -2.54. The predicted molar refractivity (Wildman–Crippen MR) is 123 cm³/mol. The van der Waals surface area contributed by atoms with Crippen molar-refractivity contribution < 1.29 is 14.3 Å². The second-order valence-electron chi connectivity index (χ2n) is 9.49. The maximum absolute atomic E-state index is 13.3. The third kappa shape index (κ3) is 4.44. The van der Waals surface area contributed by atoms with Crippen molar-refractivity contribution in [1.29, 1.82) is 0 Å². The molecule has 2 aromatic rings. The van der Waals surface area contributed by atoms with Crippen LogP contribution in [0.3, 0.4) is 0 Å². The topological polar surface area (TPSA) is 49.9 Å². The third-order valence-corrected chi connectivity index (χ3v) is 7.48. The molecular formula is C27H32N2O3. The van der Waals surface area contributed by atoms with E-state index in [1.165, 1.54) is 11.1 Å². The molecule has 0 bridgehead atoms. The molecule has 0 spiro atoms. The molecule has 5 nitrogen and oxygen atoms in total. The quantitative estimate of drug-likeness (QED) is 0.725. The molecule has 3 heterocycles. The van der Waals surface area contributed by atoms with E-state index in [1.807, 2.05) is 9.80 Å². The molecule has 0 aromatic heterocycles. The van der Waals surface area contributed by atoms with Crippen LogP contribution in [0.15, 0.2) is 60.7 Å². The molecule has 3 saturated heterocycles. The predicted octanol–water partition coefficient (Wildman–Crippen LogP) is 4.33. The number of ether oxygens (including phenoxy) is 1. The average molecular weight is 433 g/mol. The van der Waals surface area contributed by atoms with E-state index in [0.29, 0.717) is 24.8 Å². The average Bonchev–Trinajstić information content (AvgIpc) is 2.85. The zero-order valence-electron chi connectivity index (χ0n) is 18.6. The van der Waals surface area contributed by atoms with Gasteiger partial charge in [0.1, 0.15) is 6.61 Å². The molecule has 0 N–H and O–H groups in total. The number of Topliss-reactive ketones (excluding diaryl/α,β-unsaturated/α-hetero) is 1. The van der Waals surface area contributed by atoms with Crippen molar-refractivity contribution in [3.05, 3.63) is 71.8 Å². The highest BCUT2D eigenvalue weighted by molar-refractivity contribution is 5.81. The van der Waals surface area contributed by atoms with Gasteiger partial charge in [-0.05, 0) is 36.3 Å². The van der Waals surface area contributed by atoms with E-state index >= 15 is 0 Å². The fourth-order valence-corrected chi connectivity index (χ4v) is 5.83. The summed E-state index contributed by atoms with van der Waals surface area (Å²) in [5.41, 5.74) is 2.71. The van der Waals surface area contributed by atoms with Crippen molar-refractivity contribution >= 4 is 11.8 Å². The minimum atomic E-state index is 0.135. The Kier molecular flexibility index (Phi) is 6.26. The van der Waals surface area contributed by atoms with Crippen molar-refractivity contribution in [3.8, 4) is 0 Å². The van der Waals surface area contributed by atoms with E-state index < -0.39 is 0 Å². The van der Waals surface area contributed by atoms with E-state index in [1.54, 1.807) is 0 Å². The summed E-state index contributed by atoms with van der Waals surface area (Å²) in [4.78, 5) is 29.0. The van der Waals surface area contributed by atoms with Crippen LogP contribution in [-0.2, 0) is 9.53 Å². The lowest BCUT2D eigenvalue weighted by Gasteiger charge is -2.43. The number of carbonyl (C=O) groups excluding carboxylic acids is 2. The van der Waals surface area contributed by atoms with Gasteiger partial charge in [0.2, 0.25) is 0 Å². The highest BCUT2D eigenvalue weighted by Gasteiger charge is 2.38. The van der Waals surface area contributed by atoms with E-state index in [0.717, 1.165) is 38.9 Å². The van der Waals surface area contributed by atoms with Gasteiger partial charge in [-0.1, -0.05) is 60.7 Å². The van der Waals surface area contributed by atoms with Crippen LogP contribution in [0.2, 0.25) is 0 Å². The van der Waals surface area contributed by atoms with Gasteiger partial charge in [0.15, 0.2) is 5.78 Å². The van der Waals surface area contributed by atoms with E-state index in [4.69, 9.17) is 4.74 Å². The maximum Gasteiger partial charge on any atom is 0.320 e. The SMILES string of the molecule is O=C1CO[C@H]2CCN(C(=O)N3CCC(C(c4ccccc4)c4ccccc4)CC3)C[C@H]2C1. The van der Waals surface area contributed by atoms with Crippen LogP contribution in [0.25, 0.3) is 0 Å². The molecule has 168 valence electrons. The number of rotatable bonds is 3. The van der Waals surface area contributed by atoms with Gasteiger partial charge in [0.25, 0.3) is 0 Å². The molecule has 0 aliphatic carbocycles. The molecule has 2 aromatic carbocycles. The molecular weight excluding hydrogens is 400 g/mol. The van der Waals surface area contributed by atoms with Crippen molar-refractivity contribution in [1.82, 2.24) is 9.80 Å². The Balaban J connectivity index is 1.24. The molecule has 2 atom stereocenters. The summed E-state index contributed by atoms with van der Waals surface area (Å²) in [7, 11) is 0. The molecule has 0 unspecified atom stereocenters. The normalized spacial score (nSPS) is 24.5. The van der Waals surface area contributed by atoms with Crippen molar-refractivity contribution in [3.63, 3.8) is 0 Å². The molecule has 0 saturated carbocycles. The van der Waals surface area contributed by atoms with Gasteiger partial charge in [-0.25, -0.2) is 4.79 Å². The summed E-state index contributed by atoms with van der Waals surface area (Å²) < 4.78 is 5.69. The number of amides is 2. The number of hydrogen-bond donors (Lipinski definition) is 0. The zero-order valence-corrected chi connectivity index (χ0v) is 18.6. The van der Waals surface area contributed by atoms with Crippen molar-refractivity contribution in [2.24, 2.45) is 11.8 Å². The molecule has 2 amide bonds. The van der Waals surface area contributed by atoms with Gasteiger partial charge in [-0.2, -0.15) is 0 Å². The number of benzene rings is 2. The zero-order chi connectivity index (χ0) is 21.9. The first-order valence-corrected chi connectivity index (χ1v) is 12.0. The van der Waals surface area contributed by atoms with Gasteiger partial charge in [0, 0.05) is 44.4 Å². The highest BCUT2D eigenvalue weighted by Crippen LogP contribution is 2.38. The van der Waals surface area contributed by atoms with Crippen molar-refractivity contribution in [2.45, 2.75) is 37.7 Å². The lowest BCUT2D eigenvalue weighted by molar-refractivity contribution is -0.140. The van der Waals surface area contributed by atoms with Gasteiger partial charge in [-0.3, -0.25) is 4.79 Å². The molecule has 5 heteroatoms. The summed E-state index contributed by atoms with van der Waals surface area (Å²) in [6, 6.07) is 21.7. The first kappa shape index (κ1) is 21.2. The number of nitrogens with zero attached hydrogens (tertiary/aromatic N) is 2. The number of urea groups is 1. The summed E-state index contributed by atoms with van der Waals surface area (Å²) in [6.45, 7) is 3.20. The van der Waals surface area contributed by atoms with Crippen LogP contribution in [0.4, 0.5) is 4.79 Å². The number of likely N-dealkylation sites (tertiary alicyclic amines) is 2. The summed E-state index contributed by atoms with van der Waals surface area (Å²) in [5, 5.41) is 0. The van der Waals surface area contributed by atoms with Crippen LogP contribution < -0.4 is 0 Å². The second kappa shape index (κ2) is 9.45. The fraction of sp³-hybridized carbons (Fsp3) is 0.481. The Morgan fingerprint density at radius 2 is 1.44 bits per heavy atom. The largest absolute Gasteiger partial charge is 0.370 e. The standard InChI is InChI=1S/C27H32N2O3/c30-24-17-23-18-29(16-13-25(23)32-19-24)27(31)28-14-11-22(12-15-28)26(20-7-3-1-4-8-20)21-9-5-2-6-10-21/h1-10,22-23,25-26H,11-19H2/t23-,25+/m1/s1. The molecule has 32 heavy (non-hydrogen) atoms. The van der Waals surface area contributed by atoms with Crippen LogP contribution in [0.5, 0.6) is 0 Å². The number of hydrogen-bond acceptors (Lipinski definition) is 3. The van der Waals surface area contributed by atoms with Gasteiger partial charge < -0.3 is 14.5 Å². The molecule has 3 aliphatic rings. The molecule has 5 rings (SSSR count). The lowest BCUT2D eigenvalue weighted by atomic mass is 9.76. The van der Waals surface area contributed by atoms with Gasteiger partial charge >= 0.3 is 6.03 Å². The first-order valence-electron chi connectivity index (χ1n) is 12.0. The Morgan fingerprint density at radius 1 is 0.844 bits per heavy atom. The molecule has 0 radical (unpaired) electrons. The van der Waals surface area contributed by atoms with Crippen LogP contribution in [-0.4, -0.2) is 60.5 Å². The number of carbonyl (C=O) groups is 2. The monoisotopic (exact) mass is 432 g/mol. The Labute approximate surface area is 190 Å². The minimum absolute atomic E-state index is 0.135. The van der Waals surface area contributed by atoms with Gasteiger partial charge in [-0.15, -0.1) is 0 Å². The summed E-state index contributed by atoms with van der Waals surface area (Å²) in [6.07, 6.45) is 3.53. The number of ketones is 1. The number of piperidine rings is 2. The van der Waals surface area contributed by atoms with Crippen LogP contribution in [0, 0.1) is 11.8 Å². The smallest absolute Gasteiger partial charge is 0.320 e. The molecule has 3 aliphatic heterocycles.